The molecule has 3 nitrogen and oxygen atoms in total. The Morgan fingerprint density at radius 1 is 1.44 bits per heavy atom. The van der Waals surface area contributed by atoms with Crippen LogP contribution in [-0.4, -0.2) is 32.5 Å². The lowest BCUT2D eigenvalue weighted by molar-refractivity contribution is 0.215. The molecule has 2 heterocycles. The summed E-state index contributed by atoms with van der Waals surface area (Å²) in [5.74, 6) is 2.38. The largest absolute Gasteiger partial charge is 0.492 e. The third-order valence-corrected chi connectivity index (χ3v) is 3.79. The van der Waals surface area contributed by atoms with Gasteiger partial charge in [0.1, 0.15) is 13.6 Å². The van der Waals surface area contributed by atoms with E-state index in [0.29, 0.717) is 5.59 Å². The van der Waals surface area contributed by atoms with Gasteiger partial charge in [0.2, 0.25) is 0 Å². The van der Waals surface area contributed by atoms with Gasteiger partial charge in [-0.2, -0.15) is 0 Å². The Labute approximate surface area is 111 Å². The van der Waals surface area contributed by atoms with E-state index >= 15 is 0 Å². The molecule has 0 aliphatic carbocycles. The SMILES string of the molecule is [B]c1ccc(OCC[C@@H](C)C2CCNCC2)cn1. The van der Waals surface area contributed by atoms with Gasteiger partial charge in [0.15, 0.2) is 0 Å². The Bertz CT molecular complexity index is 349. The van der Waals surface area contributed by atoms with Crippen LogP contribution in [0.3, 0.4) is 0 Å². The zero-order valence-corrected chi connectivity index (χ0v) is 11.1. The third kappa shape index (κ3) is 4.02. The zero-order valence-electron chi connectivity index (χ0n) is 11.1. The number of ether oxygens (including phenoxy) is 1. The van der Waals surface area contributed by atoms with Crippen LogP contribution >= 0.6 is 0 Å². The van der Waals surface area contributed by atoms with Crippen LogP contribution in [0.5, 0.6) is 5.75 Å². The van der Waals surface area contributed by atoms with Crippen molar-refractivity contribution in [2.24, 2.45) is 11.8 Å². The average molecular weight is 244 g/mol. The summed E-state index contributed by atoms with van der Waals surface area (Å²) in [7, 11) is 5.53. The van der Waals surface area contributed by atoms with Crippen LogP contribution in [0.1, 0.15) is 26.2 Å². The number of piperidine rings is 1. The summed E-state index contributed by atoms with van der Waals surface area (Å²) in [6.45, 7) is 5.42. The molecule has 18 heavy (non-hydrogen) atoms. The van der Waals surface area contributed by atoms with E-state index in [4.69, 9.17) is 12.6 Å². The molecular formula is C14H21BN2O. The molecule has 1 N–H and O–H groups in total. The molecule has 0 unspecified atom stereocenters. The van der Waals surface area contributed by atoms with Crippen LogP contribution in [0.4, 0.5) is 0 Å². The van der Waals surface area contributed by atoms with E-state index < -0.39 is 0 Å². The molecule has 96 valence electrons. The fraction of sp³-hybridized carbons (Fsp3) is 0.643. The van der Waals surface area contributed by atoms with E-state index in [1.807, 2.05) is 6.07 Å². The molecule has 1 fully saturated rings. The first kappa shape index (κ1) is 13.4. The molecule has 0 aromatic carbocycles. The van der Waals surface area contributed by atoms with E-state index in [0.717, 1.165) is 43.7 Å². The van der Waals surface area contributed by atoms with Crippen molar-refractivity contribution in [2.75, 3.05) is 19.7 Å². The van der Waals surface area contributed by atoms with Gasteiger partial charge in [0.05, 0.1) is 12.8 Å². The monoisotopic (exact) mass is 244 g/mol. The lowest BCUT2D eigenvalue weighted by atomic mass is 9.84. The van der Waals surface area contributed by atoms with Gasteiger partial charge in [0.25, 0.3) is 0 Å². The van der Waals surface area contributed by atoms with Gasteiger partial charge in [-0.1, -0.05) is 6.92 Å². The average Bonchev–Trinajstić information content (AvgIpc) is 2.42. The molecule has 0 saturated carbocycles. The summed E-state index contributed by atoms with van der Waals surface area (Å²) in [6.07, 6.45) is 5.38. The van der Waals surface area contributed by atoms with E-state index in [-0.39, 0.29) is 0 Å². The van der Waals surface area contributed by atoms with E-state index in [2.05, 4.69) is 17.2 Å². The lowest BCUT2D eigenvalue weighted by Gasteiger charge is -2.28. The number of hydrogen-bond donors (Lipinski definition) is 1. The Balaban J connectivity index is 1.69. The molecule has 1 aromatic heterocycles. The van der Waals surface area contributed by atoms with Crippen molar-refractivity contribution < 1.29 is 4.74 Å². The van der Waals surface area contributed by atoms with Crippen molar-refractivity contribution in [3.8, 4) is 5.75 Å². The number of hydrogen-bond acceptors (Lipinski definition) is 3. The second-order valence-electron chi connectivity index (χ2n) is 5.12. The smallest absolute Gasteiger partial charge is 0.141 e. The van der Waals surface area contributed by atoms with Crippen molar-refractivity contribution in [2.45, 2.75) is 26.2 Å². The highest BCUT2D eigenvalue weighted by atomic mass is 16.5. The van der Waals surface area contributed by atoms with Gasteiger partial charge < -0.3 is 10.1 Å². The summed E-state index contributed by atoms with van der Waals surface area (Å²) in [6, 6.07) is 3.64. The topological polar surface area (TPSA) is 34.1 Å². The first-order valence-electron chi connectivity index (χ1n) is 6.81. The number of rotatable bonds is 5. The number of pyridine rings is 1. The minimum Gasteiger partial charge on any atom is -0.492 e. The van der Waals surface area contributed by atoms with Crippen LogP contribution in [0.25, 0.3) is 0 Å². The van der Waals surface area contributed by atoms with Gasteiger partial charge >= 0.3 is 0 Å². The van der Waals surface area contributed by atoms with Crippen LogP contribution < -0.4 is 15.6 Å². The second-order valence-corrected chi connectivity index (χ2v) is 5.12. The zero-order chi connectivity index (χ0) is 12.8. The van der Waals surface area contributed by atoms with E-state index in [9.17, 15) is 0 Å². The fourth-order valence-electron chi connectivity index (χ4n) is 2.49. The quantitative estimate of drug-likeness (QED) is 0.792. The number of nitrogens with one attached hydrogen (secondary N) is 1. The molecule has 1 aromatic rings. The standard InChI is InChI=1S/C14H21BN2O/c1-11(12-4-7-16-8-5-12)6-9-18-13-2-3-14(15)17-10-13/h2-3,10-12,16H,4-9H2,1H3/t11-/m1/s1. The lowest BCUT2D eigenvalue weighted by Crippen LogP contribution is -2.31. The summed E-state index contributed by atoms with van der Waals surface area (Å²) in [5, 5.41) is 3.41. The first-order valence-corrected chi connectivity index (χ1v) is 6.81. The molecule has 4 heteroatoms. The van der Waals surface area contributed by atoms with Crippen molar-refractivity contribution in [3.63, 3.8) is 0 Å². The van der Waals surface area contributed by atoms with Crippen molar-refractivity contribution >= 4 is 13.4 Å². The number of aromatic nitrogens is 1. The second kappa shape index (κ2) is 6.79. The highest BCUT2D eigenvalue weighted by molar-refractivity contribution is 6.30. The molecule has 0 bridgehead atoms. The molecule has 1 atom stereocenters. The highest BCUT2D eigenvalue weighted by Gasteiger charge is 2.19. The Kier molecular flexibility index (Phi) is 5.06. The van der Waals surface area contributed by atoms with Crippen LogP contribution in [-0.2, 0) is 0 Å². The summed E-state index contributed by atoms with van der Waals surface area (Å²) >= 11 is 0. The predicted octanol–water partition coefficient (Wildman–Crippen LogP) is 1.28. The molecule has 1 saturated heterocycles. The maximum atomic E-state index is 5.69. The maximum absolute atomic E-state index is 5.69. The molecule has 0 spiro atoms. The third-order valence-electron chi connectivity index (χ3n) is 3.79. The Hall–Kier alpha value is -1.03. The fourth-order valence-corrected chi connectivity index (χ4v) is 2.49. The molecular weight excluding hydrogens is 223 g/mol. The highest BCUT2D eigenvalue weighted by Crippen LogP contribution is 2.24. The maximum Gasteiger partial charge on any atom is 0.141 e. The molecule has 2 rings (SSSR count). The van der Waals surface area contributed by atoms with Crippen molar-refractivity contribution in [3.05, 3.63) is 18.3 Å². The van der Waals surface area contributed by atoms with Crippen LogP contribution in [0, 0.1) is 11.8 Å². The van der Waals surface area contributed by atoms with Crippen LogP contribution in [0.15, 0.2) is 18.3 Å². The minimum atomic E-state index is 0.533. The summed E-state index contributed by atoms with van der Waals surface area (Å²) in [5.41, 5.74) is 0.533. The van der Waals surface area contributed by atoms with Gasteiger partial charge in [-0.05, 0) is 61.9 Å². The van der Waals surface area contributed by atoms with Crippen molar-refractivity contribution in [1.82, 2.24) is 10.3 Å². The van der Waals surface area contributed by atoms with Gasteiger partial charge in [0, 0.05) is 0 Å². The van der Waals surface area contributed by atoms with Crippen molar-refractivity contribution in [1.29, 1.82) is 0 Å². The molecule has 1 aliphatic heterocycles. The van der Waals surface area contributed by atoms with Gasteiger partial charge in [-0.3, -0.25) is 4.98 Å². The molecule has 1 aliphatic rings. The van der Waals surface area contributed by atoms with Crippen LogP contribution in [0.2, 0.25) is 0 Å². The van der Waals surface area contributed by atoms with Gasteiger partial charge in [-0.15, -0.1) is 0 Å². The molecule has 0 amide bonds. The normalized spacial score (nSPS) is 18.5. The Morgan fingerprint density at radius 3 is 2.89 bits per heavy atom. The first-order chi connectivity index (χ1) is 8.75. The Morgan fingerprint density at radius 2 is 2.22 bits per heavy atom. The van der Waals surface area contributed by atoms with E-state index in [1.165, 1.54) is 12.8 Å². The van der Waals surface area contributed by atoms with E-state index in [1.54, 1.807) is 12.3 Å². The summed E-state index contributed by atoms with van der Waals surface area (Å²) < 4.78 is 5.69. The minimum absolute atomic E-state index is 0.533. The molecule has 2 radical (unpaired) electrons. The number of nitrogens with zero attached hydrogens (tertiary/aromatic N) is 1. The summed E-state index contributed by atoms with van der Waals surface area (Å²) in [4.78, 5) is 4.01. The predicted molar refractivity (Wildman–Crippen MR) is 74.5 cm³/mol. The van der Waals surface area contributed by atoms with Gasteiger partial charge in [-0.25, -0.2) is 0 Å².